The van der Waals surface area contributed by atoms with Gasteiger partial charge >= 0.3 is 12.1 Å². The zero-order valence-corrected chi connectivity index (χ0v) is 13.7. The normalized spacial score (nSPS) is 23.9. The molecule has 126 valence electrons. The summed E-state index contributed by atoms with van der Waals surface area (Å²) >= 11 is 0. The number of benzene rings is 1. The predicted octanol–water partition coefficient (Wildman–Crippen LogP) is 2.97. The van der Waals surface area contributed by atoms with Gasteiger partial charge in [-0.15, -0.1) is 0 Å². The SMILES string of the molecule is CC(C)(C)N(C(=O)O)C1(C(=O)O)CC(OCc2ccccc2)C1. The van der Waals surface area contributed by atoms with Crippen LogP contribution in [0.1, 0.15) is 39.2 Å². The minimum Gasteiger partial charge on any atom is -0.479 e. The fraction of sp³-hybridized carbons (Fsp3) is 0.529. The van der Waals surface area contributed by atoms with Crippen LogP contribution < -0.4 is 0 Å². The summed E-state index contributed by atoms with van der Waals surface area (Å²) in [5.41, 5.74) is -1.20. The Balaban J connectivity index is 2.06. The van der Waals surface area contributed by atoms with Crippen molar-refractivity contribution in [3.05, 3.63) is 35.9 Å². The summed E-state index contributed by atoms with van der Waals surface area (Å²) in [6.45, 7) is 5.49. The number of hydrogen-bond acceptors (Lipinski definition) is 3. The topological polar surface area (TPSA) is 87.1 Å². The second-order valence-electron chi connectivity index (χ2n) is 6.95. The molecule has 1 aromatic rings. The molecule has 1 aliphatic rings. The van der Waals surface area contributed by atoms with Crippen LogP contribution in [0.5, 0.6) is 0 Å². The van der Waals surface area contributed by atoms with Crippen LogP contribution >= 0.6 is 0 Å². The van der Waals surface area contributed by atoms with Crippen LogP contribution in [-0.2, 0) is 16.1 Å². The van der Waals surface area contributed by atoms with Gasteiger partial charge in [-0.25, -0.2) is 9.59 Å². The maximum Gasteiger partial charge on any atom is 0.408 e. The Morgan fingerprint density at radius 3 is 2.22 bits per heavy atom. The van der Waals surface area contributed by atoms with Crippen LogP contribution in [0.4, 0.5) is 4.79 Å². The molecule has 1 aromatic carbocycles. The molecule has 1 saturated carbocycles. The number of amides is 1. The average Bonchev–Trinajstić information content (AvgIpc) is 2.39. The van der Waals surface area contributed by atoms with Gasteiger partial charge in [-0.05, 0) is 26.3 Å². The van der Waals surface area contributed by atoms with Gasteiger partial charge in [-0.2, -0.15) is 0 Å². The summed E-state index contributed by atoms with van der Waals surface area (Å²) in [6, 6.07) is 9.60. The largest absolute Gasteiger partial charge is 0.479 e. The highest BCUT2D eigenvalue weighted by Gasteiger charge is 2.59. The molecule has 0 aliphatic heterocycles. The van der Waals surface area contributed by atoms with Gasteiger partial charge < -0.3 is 14.9 Å². The quantitative estimate of drug-likeness (QED) is 0.870. The van der Waals surface area contributed by atoms with Crippen LogP contribution in [0.3, 0.4) is 0 Å². The molecule has 2 rings (SSSR count). The van der Waals surface area contributed by atoms with E-state index in [2.05, 4.69) is 0 Å². The first kappa shape index (κ1) is 17.3. The zero-order chi connectivity index (χ0) is 17.3. The molecule has 0 saturated heterocycles. The second kappa shape index (κ2) is 6.20. The Bertz CT molecular complexity index is 572. The number of ether oxygens (including phenoxy) is 1. The minimum atomic E-state index is -1.41. The molecule has 6 nitrogen and oxygen atoms in total. The Morgan fingerprint density at radius 1 is 1.22 bits per heavy atom. The van der Waals surface area contributed by atoms with Gasteiger partial charge in [0.1, 0.15) is 5.54 Å². The number of nitrogens with zero attached hydrogens (tertiary/aromatic N) is 1. The summed E-state index contributed by atoms with van der Waals surface area (Å²) in [7, 11) is 0. The fourth-order valence-corrected chi connectivity index (χ4v) is 3.16. The molecule has 0 aromatic heterocycles. The first-order valence-corrected chi connectivity index (χ1v) is 7.59. The highest BCUT2D eigenvalue weighted by Crippen LogP contribution is 2.43. The van der Waals surface area contributed by atoms with Gasteiger partial charge in [0.15, 0.2) is 0 Å². The van der Waals surface area contributed by atoms with Crippen LogP contribution in [0.15, 0.2) is 30.3 Å². The summed E-state index contributed by atoms with van der Waals surface area (Å²) in [5, 5.41) is 19.1. The molecule has 0 radical (unpaired) electrons. The molecule has 0 atom stereocenters. The molecule has 6 heteroatoms. The van der Waals surface area contributed by atoms with E-state index in [1.807, 2.05) is 30.3 Å². The number of aliphatic carboxylic acids is 1. The van der Waals surface area contributed by atoms with E-state index in [0.717, 1.165) is 10.5 Å². The lowest BCUT2D eigenvalue weighted by atomic mass is 9.71. The third-order valence-corrected chi connectivity index (χ3v) is 4.15. The lowest BCUT2D eigenvalue weighted by Crippen LogP contribution is -2.70. The van der Waals surface area contributed by atoms with Crippen molar-refractivity contribution in [3.8, 4) is 0 Å². The van der Waals surface area contributed by atoms with Gasteiger partial charge in [0.25, 0.3) is 0 Å². The average molecular weight is 321 g/mol. The van der Waals surface area contributed by atoms with Gasteiger partial charge in [0.05, 0.1) is 12.7 Å². The predicted molar refractivity (Wildman–Crippen MR) is 84.2 cm³/mol. The Kier molecular flexibility index (Phi) is 4.66. The monoisotopic (exact) mass is 321 g/mol. The number of carbonyl (C=O) groups is 2. The summed E-state index contributed by atoms with van der Waals surface area (Å²) in [5.74, 6) is -1.12. The van der Waals surface area contributed by atoms with Crippen LogP contribution in [-0.4, -0.2) is 44.4 Å². The molecule has 1 aliphatic carbocycles. The minimum absolute atomic E-state index is 0.165. The summed E-state index contributed by atoms with van der Waals surface area (Å²) < 4.78 is 5.73. The fourth-order valence-electron chi connectivity index (χ4n) is 3.16. The number of hydrogen-bond donors (Lipinski definition) is 2. The zero-order valence-electron chi connectivity index (χ0n) is 13.7. The van der Waals surface area contributed by atoms with Crippen molar-refractivity contribution in [2.45, 2.75) is 57.4 Å². The molecule has 2 N–H and O–H groups in total. The van der Waals surface area contributed by atoms with Crippen molar-refractivity contribution in [1.82, 2.24) is 4.90 Å². The number of rotatable bonds is 5. The van der Waals surface area contributed by atoms with Crippen LogP contribution in [0.2, 0.25) is 0 Å². The summed E-state index contributed by atoms with van der Waals surface area (Å²) in [6.07, 6.45) is -1.14. The van der Waals surface area contributed by atoms with E-state index in [0.29, 0.717) is 6.61 Å². The van der Waals surface area contributed by atoms with E-state index in [1.54, 1.807) is 20.8 Å². The maximum atomic E-state index is 11.8. The second-order valence-corrected chi connectivity index (χ2v) is 6.95. The van der Waals surface area contributed by atoms with Crippen molar-refractivity contribution in [2.75, 3.05) is 0 Å². The summed E-state index contributed by atoms with van der Waals surface area (Å²) in [4.78, 5) is 24.4. The lowest BCUT2D eigenvalue weighted by molar-refractivity contribution is -0.178. The van der Waals surface area contributed by atoms with E-state index in [9.17, 15) is 19.8 Å². The molecule has 0 heterocycles. The molecule has 0 unspecified atom stereocenters. The molecule has 1 fully saturated rings. The van der Waals surface area contributed by atoms with E-state index < -0.39 is 23.1 Å². The maximum absolute atomic E-state index is 11.8. The van der Waals surface area contributed by atoms with Gasteiger partial charge in [0.2, 0.25) is 0 Å². The van der Waals surface area contributed by atoms with E-state index >= 15 is 0 Å². The van der Waals surface area contributed by atoms with Crippen molar-refractivity contribution in [2.24, 2.45) is 0 Å². The van der Waals surface area contributed by atoms with E-state index in [4.69, 9.17) is 4.74 Å². The van der Waals surface area contributed by atoms with Gasteiger partial charge in [0, 0.05) is 18.4 Å². The van der Waals surface area contributed by atoms with Gasteiger partial charge in [-0.1, -0.05) is 30.3 Å². The van der Waals surface area contributed by atoms with Gasteiger partial charge in [-0.3, -0.25) is 4.90 Å². The van der Waals surface area contributed by atoms with Crippen molar-refractivity contribution < 1.29 is 24.5 Å². The molecular formula is C17H23NO5. The highest BCUT2D eigenvalue weighted by molar-refractivity contribution is 5.85. The first-order valence-electron chi connectivity index (χ1n) is 7.59. The highest BCUT2D eigenvalue weighted by atomic mass is 16.5. The van der Waals surface area contributed by atoms with Crippen molar-refractivity contribution in [1.29, 1.82) is 0 Å². The number of carboxylic acids is 1. The Labute approximate surface area is 135 Å². The first-order chi connectivity index (χ1) is 10.7. The Morgan fingerprint density at radius 2 is 1.78 bits per heavy atom. The molecular weight excluding hydrogens is 298 g/mol. The van der Waals surface area contributed by atoms with Crippen molar-refractivity contribution in [3.63, 3.8) is 0 Å². The van der Waals surface area contributed by atoms with E-state index in [-0.39, 0.29) is 18.9 Å². The molecule has 23 heavy (non-hydrogen) atoms. The lowest BCUT2D eigenvalue weighted by Gasteiger charge is -2.53. The number of carboxylic acid groups (broad SMARTS) is 2. The Hall–Kier alpha value is -2.08. The van der Waals surface area contributed by atoms with Crippen LogP contribution in [0.25, 0.3) is 0 Å². The molecule has 0 spiro atoms. The molecule has 0 bridgehead atoms. The molecule has 1 amide bonds. The van der Waals surface area contributed by atoms with Crippen molar-refractivity contribution >= 4 is 12.1 Å². The smallest absolute Gasteiger partial charge is 0.408 e. The standard InChI is InChI=1S/C17H23NO5/c1-16(2,3)18(15(21)22)17(14(19)20)9-13(10-17)23-11-12-7-5-4-6-8-12/h4-8,13H,9-11H2,1-3H3,(H,19,20)(H,21,22). The third-order valence-electron chi connectivity index (χ3n) is 4.15. The van der Waals surface area contributed by atoms with E-state index in [1.165, 1.54) is 0 Å². The third kappa shape index (κ3) is 3.47. The van der Waals surface area contributed by atoms with Crippen LogP contribution in [0, 0.1) is 0 Å².